The first-order valence-corrected chi connectivity index (χ1v) is 10.5. The first kappa shape index (κ1) is 15.6. The molecule has 3 atom stereocenters. The van der Waals surface area contributed by atoms with E-state index in [0.717, 1.165) is 6.61 Å². The minimum absolute atomic E-state index is 0.129. The lowest BCUT2D eigenvalue weighted by Crippen LogP contribution is -2.52. The Morgan fingerprint density at radius 3 is 2.70 bits per heavy atom. The zero-order chi connectivity index (χ0) is 15.9. The van der Waals surface area contributed by atoms with Gasteiger partial charge in [-0.05, 0) is 43.7 Å². The van der Waals surface area contributed by atoms with E-state index in [-0.39, 0.29) is 11.3 Å². The van der Waals surface area contributed by atoms with Gasteiger partial charge in [0.05, 0.1) is 22.8 Å². The lowest BCUT2D eigenvalue weighted by molar-refractivity contribution is -0.180. The predicted molar refractivity (Wildman–Crippen MR) is 88.6 cm³/mol. The summed E-state index contributed by atoms with van der Waals surface area (Å²) < 4.78 is 25.1. The van der Waals surface area contributed by atoms with Crippen LogP contribution in [0.2, 0.25) is 0 Å². The Morgan fingerprint density at radius 1 is 1.09 bits per heavy atom. The molecule has 2 aliphatic carbocycles. The van der Waals surface area contributed by atoms with Crippen molar-refractivity contribution in [3.05, 3.63) is 30.3 Å². The molecular weight excluding hydrogens is 310 g/mol. The van der Waals surface area contributed by atoms with Crippen LogP contribution in [-0.2, 0) is 14.7 Å². The van der Waals surface area contributed by atoms with Crippen molar-refractivity contribution in [2.75, 3.05) is 18.9 Å². The SMILES string of the molecule is O=S(=O)(CCN1OC[C@@H]2CC[C@@H]3CCCCC321)c1ccccc1. The zero-order valence-corrected chi connectivity index (χ0v) is 14.3. The Morgan fingerprint density at radius 2 is 1.87 bits per heavy atom. The first-order valence-electron chi connectivity index (χ1n) is 8.81. The van der Waals surface area contributed by atoms with Crippen LogP contribution in [0.25, 0.3) is 0 Å². The van der Waals surface area contributed by atoms with Gasteiger partial charge in [0, 0.05) is 12.5 Å². The maximum absolute atomic E-state index is 12.6. The Bertz CT molecular complexity index is 658. The Hall–Kier alpha value is -0.910. The molecule has 4 rings (SSSR count). The highest BCUT2D eigenvalue weighted by Gasteiger charge is 2.58. The molecule has 23 heavy (non-hydrogen) atoms. The van der Waals surface area contributed by atoms with Crippen LogP contribution in [0, 0.1) is 11.8 Å². The van der Waals surface area contributed by atoms with Crippen molar-refractivity contribution in [2.45, 2.75) is 49.0 Å². The summed E-state index contributed by atoms with van der Waals surface area (Å²) in [6.45, 7) is 1.27. The van der Waals surface area contributed by atoms with Crippen molar-refractivity contribution in [2.24, 2.45) is 11.8 Å². The number of sulfone groups is 1. The van der Waals surface area contributed by atoms with Gasteiger partial charge in [-0.3, -0.25) is 4.84 Å². The van der Waals surface area contributed by atoms with Crippen LogP contribution < -0.4 is 0 Å². The summed E-state index contributed by atoms with van der Waals surface area (Å²) in [7, 11) is -3.24. The summed E-state index contributed by atoms with van der Waals surface area (Å²) in [4.78, 5) is 6.40. The van der Waals surface area contributed by atoms with Crippen molar-refractivity contribution in [1.29, 1.82) is 0 Å². The summed E-state index contributed by atoms with van der Waals surface area (Å²) in [6.07, 6.45) is 7.55. The third-order valence-electron chi connectivity index (χ3n) is 6.22. The molecule has 0 radical (unpaired) electrons. The highest BCUT2D eigenvalue weighted by molar-refractivity contribution is 7.91. The molecule has 3 fully saturated rings. The Kier molecular flexibility index (Phi) is 3.98. The summed E-state index contributed by atoms with van der Waals surface area (Å²) >= 11 is 0. The molecule has 1 aliphatic heterocycles. The molecule has 2 saturated carbocycles. The van der Waals surface area contributed by atoms with E-state index in [4.69, 9.17) is 4.84 Å². The van der Waals surface area contributed by atoms with E-state index in [1.54, 1.807) is 24.3 Å². The van der Waals surface area contributed by atoms with Crippen LogP contribution in [0.5, 0.6) is 0 Å². The topological polar surface area (TPSA) is 46.6 Å². The number of nitrogens with zero attached hydrogens (tertiary/aromatic N) is 1. The van der Waals surface area contributed by atoms with E-state index < -0.39 is 9.84 Å². The largest absolute Gasteiger partial charge is 0.298 e. The number of hydroxylamine groups is 2. The molecule has 4 nitrogen and oxygen atoms in total. The van der Waals surface area contributed by atoms with E-state index in [9.17, 15) is 8.42 Å². The van der Waals surface area contributed by atoms with Crippen molar-refractivity contribution >= 4 is 9.84 Å². The fraction of sp³-hybridized carbons (Fsp3) is 0.667. The number of hydrogen-bond acceptors (Lipinski definition) is 4. The van der Waals surface area contributed by atoms with E-state index >= 15 is 0 Å². The van der Waals surface area contributed by atoms with Gasteiger partial charge in [-0.2, -0.15) is 5.06 Å². The van der Waals surface area contributed by atoms with Gasteiger partial charge in [-0.1, -0.05) is 31.0 Å². The molecular formula is C18H25NO3S. The second kappa shape index (κ2) is 5.87. The van der Waals surface area contributed by atoms with Crippen LogP contribution in [0.3, 0.4) is 0 Å². The van der Waals surface area contributed by atoms with Crippen LogP contribution in [0.15, 0.2) is 35.2 Å². The molecule has 1 unspecified atom stereocenters. The molecule has 1 aromatic carbocycles. The fourth-order valence-electron chi connectivity index (χ4n) is 5.12. The van der Waals surface area contributed by atoms with Crippen molar-refractivity contribution < 1.29 is 13.3 Å². The highest BCUT2D eigenvalue weighted by atomic mass is 32.2. The molecule has 1 aromatic rings. The maximum Gasteiger partial charge on any atom is 0.179 e. The minimum Gasteiger partial charge on any atom is -0.298 e. The van der Waals surface area contributed by atoms with Crippen molar-refractivity contribution in [1.82, 2.24) is 5.06 Å². The maximum atomic E-state index is 12.6. The van der Waals surface area contributed by atoms with Gasteiger partial charge in [0.25, 0.3) is 0 Å². The van der Waals surface area contributed by atoms with E-state index in [1.807, 2.05) is 6.07 Å². The quantitative estimate of drug-likeness (QED) is 0.848. The van der Waals surface area contributed by atoms with Crippen LogP contribution in [-0.4, -0.2) is 37.9 Å². The minimum atomic E-state index is -3.24. The second-order valence-corrected chi connectivity index (χ2v) is 9.35. The van der Waals surface area contributed by atoms with E-state index in [1.165, 1.54) is 38.5 Å². The van der Waals surface area contributed by atoms with Gasteiger partial charge in [0.2, 0.25) is 0 Å². The van der Waals surface area contributed by atoms with Gasteiger partial charge in [0.1, 0.15) is 0 Å². The highest BCUT2D eigenvalue weighted by Crippen LogP contribution is 2.55. The van der Waals surface area contributed by atoms with Crippen LogP contribution >= 0.6 is 0 Å². The smallest absolute Gasteiger partial charge is 0.179 e. The van der Waals surface area contributed by atoms with Gasteiger partial charge in [-0.15, -0.1) is 0 Å². The Balaban J connectivity index is 1.51. The number of rotatable bonds is 4. The Labute approximate surface area is 138 Å². The van der Waals surface area contributed by atoms with Gasteiger partial charge in [0.15, 0.2) is 9.84 Å². The predicted octanol–water partition coefficient (Wildman–Crippen LogP) is 3.05. The standard InChI is InChI=1S/C18H25NO3S/c20-23(21,17-7-2-1-3-8-17)13-12-19-18-11-5-4-6-15(18)9-10-16(18)14-22-19/h1-3,7-8,15-16H,4-6,9-14H2/t15-,16-,18?/m0/s1. The lowest BCUT2D eigenvalue weighted by atomic mass is 9.71. The molecule has 1 heterocycles. The number of benzene rings is 1. The van der Waals surface area contributed by atoms with Crippen molar-refractivity contribution in [3.63, 3.8) is 0 Å². The van der Waals surface area contributed by atoms with Gasteiger partial charge < -0.3 is 0 Å². The third kappa shape index (κ3) is 2.53. The summed E-state index contributed by atoms with van der Waals surface area (Å²) in [5, 5.41) is 2.08. The summed E-state index contributed by atoms with van der Waals surface area (Å²) in [5.74, 6) is 1.44. The molecule has 0 N–H and O–H groups in total. The van der Waals surface area contributed by atoms with Gasteiger partial charge >= 0.3 is 0 Å². The van der Waals surface area contributed by atoms with Crippen LogP contribution in [0.4, 0.5) is 0 Å². The summed E-state index contributed by atoms with van der Waals surface area (Å²) in [6, 6.07) is 8.77. The summed E-state index contributed by atoms with van der Waals surface area (Å²) in [5.41, 5.74) is 0.129. The number of hydrogen-bond donors (Lipinski definition) is 0. The molecule has 0 bridgehead atoms. The average molecular weight is 335 g/mol. The molecule has 1 spiro atoms. The van der Waals surface area contributed by atoms with E-state index in [0.29, 0.717) is 23.3 Å². The molecule has 5 heteroatoms. The molecule has 126 valence electrons. The fourth-order valence-corrected chi connectivity index (χ4v) is 6.33. The average Bonchev–Trinajstić information content (AvgIpc) is 3.10. The second-order valence-electron chi connectivity index (χ2n) is 7.24. The van der Waals surface area contributed by atoms with E-state index in [2.05, 4.69) is 5.06 Å². The molecule has 0 amide bonds. The third-order valence-corrected chi connectivity index (χ3v) is 7.93. The normalized spacial score (nSPS) is 34.3. The first-order chi connectivity index (χ1) is 11.1. The monoisotopic (exact) mass is 335 g/mol. The lowest BCUT2D eigenvalue weighted by Gasteiger charge is -2.44. The molecule has 1 saturated heterocycles. The van der Waals surface area contributed by atoms with Gasteiger partial charge in [-0.25, -0.2) is 8.42 Å². The zero-order valence-electron chi connectivity index (χ0n) is 13.5. The molecule has 0 aromatic heterocycles. The van der Waals surface area contributed by atoms with Crippen molar-refractivity contribution in [3.8, 4) is 0 Å². The molecule has 3 aliphatic rings. The van der Waals surface area contributed by atoms with Crippen LogP contribution in [0.1, 0.15) is 38.5 Å².